The summed E-state index contributed by atoms with van der Waals surface area (Å²) in [5.41, 5.74) is 1.35. The minimum Gasteiger partial charge on any atom is -0.493 e. The Morgan fingerprint density at radius 3 is 2.27 bits per heavy atom. The number of rotatable bonds is 10. The van der Waals surface area contributed by atoms with Gasteiger partial charge >= 0.3 is 0 Å². The first kappa shape index (κ1) is 23.8. The number of benzene rings is 2. The van der Waals surface area contributed by atoms with Crippen molar-refractivity contribution in [2.45, 2.75) is 25.8 Å². The maximum Gasteiger partial charge on any atom is 0.243 e. The van der Waals surface area contributed by atoms with Crippen molar-refractivity contribution in [3.63, 3.8) is 0 Å². The van der Waals surface area contributed by atoms with Gasteiger partial charge in [0.25, 0.3) is 0 Å². The second kappa shape index (κ2) is 10.5. The van der Waals surface area contributed by atoms with Crippen molar-refractivity contribution in [2.75, 3.05) is 31.3 Å². The highest BCUT2D eigenvalue weighted by atomic mass is 35.5. The summed E-state index contributed by atoms with van der Waals surface area (Å²) in [5.74, 6) is 0.875. The Morgan fingerprint density at radius 1 is 1.10 bits per heavy atom. The number of hydrogen-bond donors (Lipinski definition) is 1. The summed E-state index contributed by atoms with van der Waals surface area (Å²) < 4.78 is 36.5. The van der Waals surface area contributed by atoms with Gasteiger partial charge < -0.3 is 14.8 Å². The van der Waals surface area contributed by atoms with Gasteiger partial charge in [0, 0.05) is 11.6 Å². The van der Waals surface area contributed by atoms with E-state index in [4.69, 9.17) is 21.1 Å². The van der Waals surface area contributed by atoms with Crippen LogP contribution in [0.25, 0.3) is 0 Å². The summed E-state index contributed by atoms with van der Waals surface area (Å²) in [6.45, 7) is 2.12. The SMILES string of the molecule is CC[C@@H](C(=O)NCCc1ccc(OC)c(OC)c1)N(c1ccc(Cl)cc1)S(C)(=O)=O. The number of amides is 1. The van der Waals surface area contributed by atoms with Gasteiger partial charge in [0.2, 0.25) is 15.9 Å². The molecule has 1 N–H and O–H groups in total. The van der Waals surface area contributed by atoms with Crippen LogP contribution in [0.1, 0.15) is 18.9 Å². The molecule has 30 heavy (non-hydrogen) atoms. The van der Waals surface area contributed by atoms with E-state index in [1.807, 2.05) is 12.1 Å². The van der Waals surface area contributed by atoms with E-state index < -0.39 is 16.1 Å². The molecule has 1 atom stereocenters. The maximum atomic E-state index is 12.8. The van der Waals surface area contributed by atoms with E-state index in [2.05, 4.69) is 5.32 Å². The number of nitrogens with zero attached hydrogens (tertiary/aromatic N) is 1. The van der Waals surface area contributed by atoms with Gasteiger partial charge in [-0.1, -0.05) is 24.6 Å². The predicted molar refractivity (Wildman–Crippen MR) is 119 cm³/mol. The smallest absolute Gasteiger partial charge is 0.243 e. The lowest BCUT2D eigenvalue weighted by molar-refractivity contribution is -0.122. The summed E-state index contributed by atoms with van der Waals surface area (Å²) >= 11 is 5.91. The summed E-state index contributed by atoms with van der Waals surface area (Å²) in [7, 11) is -0.554. The lowest BCUT2D eigenvalue weighted by atomic mass is 10.1. The lowest BCUT2D eigenvalue weighted by Gasteiger charge is -2.30. The van der Waals surface area contributed by atoms with Gasteiger partial charge in [-0.05, 0) is 54.8 Å². The average Bonchev–Trinajstić information content (AvgIpc) is 2.71. The zero-order valence-electron chi connectivity index (χ0n) is 17.5. The van der Waals surface area contributed by atoms with E-state index in [-0.39, 0.29) is 5.91 Å². The van der Waals surface area contributed by atoms with E-state index >= 15 is 0 Å². The number of carbonyl (C=O) groups is 1. The molecule has 2 aromatic carbocycles. The Labute approximate surface area is 183 Å². The largest absolute Gasteiger partial charge is 0.493 e. The Bertz CT molecular complexity index is 964. The average molecular weight is 455 g/mol. The number of anilines is 1. The molecule has 164 valence electrons. The van der Waals surface area contributed by atoms with Crippen molar-refractivity contribution >= 4 is 33.2 Å². The van der Waals surface area contributed by atoms with Crippen molar-refractivity contribution in [3.8, 4) is 11.5 Å². The highest BCUT2D eigenvalue weighted by Crippen LogP contribution is 2.28. The van der Waals surface area contributed by atoms with E-state index in [0.29, 0.717) is 41.6 Å². The first-order valence-corrected chi connectivity index (χ1v) is 11.7. The molecule has 7 nitrogen and oxygen atoms in total. The van der Waals surface area contributed by atoms with Gasteiger partial charge in [-0.2, -0.15) is 0 Å². The molecule has 0 aromatic heterocycles. The molecular weight excluding hydrogens is 428 g/mol. The second-order valence-corrected chi connectivity index (χ2v) is 8.99. The molecule has 0 unspecified atom stereocenters. The molecule has 0 aliphatic carbocycles. The second-order valence-electron chi connectivity index (χ2n) is 6.69. The van der Waals surface area contributed by atoms with E-state index in [1.54, 1.807) is 51.5 Å². The van der Waals surface area contributed by atoms with Gasteiger partial charge in [-0.3, -0.25) is 9.10 Å². The Balaban J connectivity index is 2.11. The zero-order chi connectivity index (χ0) is 22.3. The van der Waals surface area contributed by atoms with Crippen LogP contribution in [0.3, 0.4) is 0 Å². The van der Waals surface area contributed by atoms with Gasteiger partial charge in [-0.25, -0.2) is 8.42 Å². The van der Waals surface area contributed by atoms with Crippen molar-refractivity contribution in [1.82, 2.24) is 5.32 Å². The summed E-state index contributed by atoms with van der Waals surface area (Å²) in [6.07, 6.45) is 1.96. The predicted octanol–water partition coefficient (Wildman–Crippen LogP) is 3.26. The quantitative estimate of drug-likeness (QED) is 0.595. The Hall–Kier alpha value is -2.45. The summed E-state index contributed by atoms with van der Waals surface area (Å²) in [4.78, 5) is 12.8. The van der Waals surface area contributed by atoms with Crippen LogP contribution in [0.4, 0.5) is 5.69 Å². The fourth-order valence-electron chi connectivity index (χ4n) is 3.13. The van der Waals surface area contributed by atoms with Crippen molar-refractivity contribution in [3.05, 3.63) is 53.1 Å². The lowest BCUT2D eigenvalue weighted by Crippen LogP contribution is -2.49. The van der Waals surface area contributed by atoms with Crippen molar-refractivity contribution < 1.29 is 22.7 Å². The Morgan fingerprint density at radius 2 is 1.73 bits per heavy atom. The molecule has 9 heteroatoms. The first-order chi connectivity index (χ1) is 14.2. The third-order valence-corrected chi connectivity index (χ3v) is 6.00. The van der Waals surface area contributed by atoms with Crippen molar-refractivity contribution in [2.24, 2.45) is 0 Å². The van der Waals surface area contributed by atoms with Crippen LogP contribution in [-0.2, 0) is 21.2 Å². The molecule has 0 aliphatic heterocycles. The number of methoxy groups -OCH3 is 2. The van der Waals surface area contributed by atoms with Crippen LogP contribution in [0, 0.1) is 0 Å². The number of halogens is 1. The van der Waals surface area contributed by atoms with Gasteiger partial charge in [0.15, 0.2) is 11.5 Å². The zero-order valence-corrected chi connectivity index (χ0v) is 19.1. The normalized spacial score (nSPS) is 12.2. The molecule has 0 aliphatic rings. The number of carbonyl (C=O) groups excluding carboxylic acids is 1. The number of sulfonamides is 1. The van der Waals surface area contributed by atoms with Crippen LogP contribution in [-0.4, -0.2) is 47.4 Å². The standard InChI is InChI=1S/C21H27ClN2O5S/c1-5-18(24(30(4,26)27)17-9-7-16(22)8-10-17)21(25)23-13-12-15-6-11-19(28-2)20(14-15)29-3/h6-11,14,18H,5,12-13H2,1-4H3,(H,23,25)/t18-/m0/s1. The number of hydrogen-bond acceptors (Lipinski definition) is 5. The third-order valence-electron chi connectivity index (χ3n) is 4.57. The number of ether oxygens (including phenoxy) is 2. The topological polar surface area (TPSA) is 84.9 Å². The molecule has 0 fully saturated rings. The highest BCUT2D eigenvalue weighted by molar-refractivity contribution is 7.92. The fraction of sp³-hybridized carbons (Fsp3) is 0.381. The van der Waals surface area contributed by atoms with Crippen LogP contribution < -0.4 is 19.1 Å². The monoisotopic (exact) mass is 454 g/mol. The Kier molecular flexibility index (Phi) is 8.37. The van der Waals surface area contributed by atoms with Gasteiger partial charge in [-0.15, -0.1) is 0 Å². The molecular formula is C21H27ClN2O5S. The molecule has 2 aromatic rings. The van der Waals surface area contributed by atoms with Gasteiger partial charge in [0.05, 0.1) is 26.2 Å². The molecule has 0 bridgehead atoms. The maximum absolute atomic E-state index is 12.8. The molecule has 0 radical (unpaired) electrons. The third kappa shape index (κ3) is 6.03. The van der Waals surface area contributed by atoms with Crippen LogP contribution in [0.5, 0.6) is 11.5 Å². The van der Waals surface area contributed by atoms with E-state index in [0.717, 1.165) is 16.1 Å². The van der Waals surface area contributed by atoms with Crippen molar-refractivity contribution in [1.29, 1.82) is 0 Å². The highest BCUT2D eigenvalue weighted by Gasteiger charge is 2.31. The van der Waals surface area contributed by atoms with E-state index in [9.17, 15) is 13.2 Å². The minimum atomic E-state index is -3.68. The molecule has 1 amide bonds. The fourth-order valence-corrected chi connectivity index (χ4v) is 4.47. The molecule has 0 saturated heterocycles. The summed E-state index contributed by atoms with van der Waals surface area (Å²) in [6, 6.07) is 11.0. The van der Waals surface area contributed by atoms with Crippen LogP contribution in [0.15, 0.2) is 42.5 Å². The molecule has 0 saturated carbocycles. The summed E-state index contributed by atoms with van der Waals surface area (Å²) in [5, 5.41) is 3.32. The minimum absolute atomic E-state index is 0.317. The molecule has 0 heterocycles. The van der Waals surface area contributed by atoms with Crippen LogP contribution in [0.2, 0.25) is 5.02 Å². The van der Waals surface area contributed by atoms with Gasteiger partial charge in [0.1, 0.15) is 6.04 Å². The molecule has 2 rings (SSSR count). The van der Waals surface area contributed by atoms with Crippen LogP contribution >= 0.6 is 11.6 Å². The first-order valence-electron chi connectivity index (χ1n) is 9.44. The number of nitrogens with one attached hydrogen (secondary N) is 1. The van der Waals surface area contributed by atoms with E-state index in [1.165, 1.54) is 0 Å². The molecule has 0 spiro atoms.